The fourth-order valence-corrected chi connectivity index (χ4v) is 1.98. The monoisotopic (exact) mass is 282 g/mol. The Morgan fingerprint density at radius 1 is 1.32 bits per heavy atom. The predicted octanol–water partition coefficient (Wildman–Crippen LogP) is 2.61. The molecule has 0 radical (unpaired) electrons. The van der Waals surface area contributed by atoms with Crippen LogP contribution in [0, 0.1) is 0 Å². The maximum Gasteiger partial charge on any atom is 0.223 e. The minimum atomic E-state index is -0.0992. The summed E-state index contributed by atoms with van der Waals surface area (Å²) in [6.45, 7) is 4.26. The summed E-state index contributed by atoms with van der Waals surface area (Å²) in [4.78, 5) is 24.6. The second-order valence-electron chi connectivity index (χ2n) is 4.22. The van der Waals surface area contributed by atoms with Crippen molar-refractivity contribution in [2.75, 3.05) is 18.0 Å². The second-order valence-corrected chi connectivity index (χ2v) is 4.63. The Morgan fingerprint density at radius 3 is 2.58 bits per heavy atom. The van der Waals surface area contributed by atoms with E-state index < -0.39 is 0 Å². The lowest BCUT2D eigenvalue weighted by atomic mass is 10.2. The topological polar surface area (TPSA) is 49.4 Å². The molecule has 0 atom stereocenters. The number of para-hydroxylation sites is 1. The molecule has 104 valence electrons. The van der Waals surface area contributed by atoms with Gasteiger partial charge in [0.05, 0.1) is 10.7 Å². The number of hydrogen-bond acceptors (Lipinski definition) is 2. The van der Waals surface area contributed by atoms with E-state index in [9.17, 15) is 9.59 Å². The van der Waals surface area contributed by atoms with Crippen LogP contribution < -0.4 is 10.2 Å². The van der Waals surface area contributed by atoms with Gasteiger partial charge in [0.25, 0.3) is 0 Å². The highest BCUT2D eigenvalue weighted by atomic mass is 35.5. The van der Waals surface area contributed by atoms with Crippen molar-refractivity contribution in [1.29, 1.82) is 0 Å². The molecule has 0 aromatic heterocycles. The van der Waals surface area contributed by atoms with E-state index in [-0.39, 0.29) is 11.8 Å². The van der Waals surface area contributed by atoms with E-state index >= 15 is 0 Å². The first-order valence-corrected chi connectivity index (χ1v) is 6.73. The maximum atomic E-state index is 11.7. The third kappa shape index (κ3) is 4.91. The first-order chi connectivity index (χ1) is 9.06. The highest BCUT2D eigenvalue weighted by molar-refractivity contribution is 6.33. The van der Waals surface area contributed by atoms with Crippen LogP contribution in [0.5, 0.6) is 0 Å². The molecule has 0 spiro atoms. The van der Waals surface area contributed by atoms with Crippen LogP contribution >= 0.6 is 11.6 Å². The lowest BCUT2D eigenvalue weighted by Gasteiger charge is -2.22. The molecule has 0 saturated heterocycles. The summed E-state index contributed by atoms with van der Waals surface area (Å²) < 4.78 is 0. The summed E-state index contributed by atoms with van der Waals surface area (Å²) in [7, 11) is 0. The zero-order valence-electron chi connectivity index (χ0n) is 11.3. The van der Waals surface area contributed by atoms with Gasteiger partial charge >= 0.3 is 0 Å². The second kappa shape index (κ2) is 7.79. The average Bonchev–Trinajstić information content (AvgIpc) is 2.36. The zero-order chi connectivity index (χ0) is 14.3. The molecule has 2 amide bonds. The molecule has 1 N–H and O–H groups in total. The van der Waals surface area contributed by atoms with Gasteiger partial charge in [-0.25, -0.2) is 0 Å². The minimum absolute atomic E-state index is 0.00478. The van der Waals surface area contributed by atoms with Crippen molar-refractivity contribution >= 4 is 29.1 Å². The summed E-state index contributed by atoms with van der Waals surface area (Å²) in [5, 5.41) is 3.31. The van der Waals surface area contributed by atoms with E-state index in [1.54, 1.807) is 17.0 Å². The molecule has 19 heavy (non-hydrogen) atoms. The van der Waals surface area contributed by atoms with Crippen molar-refractivity contribution in [2.24, 2.45) is 0 Å². The lowest BCUT2D eigenvalue weighted by Crippen LogP contribution is -2.37. The highest BCUT2D eigenvalue weighted by Crippen LogP contribution is 2.24. The van der Waals surface area contributed by atoms with Gasteiger partial charge in [0.15, 0.2) is 0 Å². The quantitative estimate of drug-likeness (QED) is 0.872. The molecule has 0 aliphatic heterocycles. The van der Waals surface area contributed by atoms with E-state index in [0.717, 1.165) is 6.42 Å². The van der Waals surface area contributed by atoms with Gasteiger partial charge in [-0.15, -0.1) is 0 Å². The van der Waals surface area contributed by atoms with Crippen LogP contribution in [0.1, 0.15) is 26.7 Å². The molecule has 0 aliphatic rings. The van der Waals surface area contributed by atoms with Gasteiger partial charge in [-0.3, -0.25) is 9.59 Å². The molecule has 0 saturated carbocycles. The number of carbonyl (C=O) groups is 2. The number of anilines is 1. The molecule has 0 fully saturated rings. The third-order valence-electron chi connectivity index (χ3n) is 2.66. The molecule has 0 aliphatic carbocycles. The summed E-state index contributed by atoms with van der Waals surface area (Å²) in [6, 6.07) is 7.17. The number of benzene rings is 1. The fraction of sp³-hybridized carbons (Fsp3) is 0.429. The van der Waals surface area contributed by atoms with Gasteiger partial charge in [-0.1, -0.05) is 30.7 Å². The van der Waals surface area contributed by atoms with Crippen LogP contribution in [-0.2, 0) is 9.59 Å². The van der Waals surface area contributed by atoms with Crippen LogP contribution in [-0.4, -0.2) is 24.9 Å². The SMILES string of the molecule is CCCC(=O)NCCN(C(C)=O)c1ccccc1Cl. The van der Waals surface area contributed by atoms with Crippen molar-refractivity contribution in [3.05, 3.63) is 29.3 Å². The van der Waals surface area contributed by atoms with E-state index in [0.29, 0.717) is 30.2 Å². The van der Waals surface area contributed by atoms with E-state index in [4.69, 9.17) is 11.6 Å². The number of nitrogens with zero attached hydrogens (tertiary/aromatic N) is 1. The first-order valence-electron chi connectivity index (χ1n) is 6.35. The maximum absolute atomic E-state index is 11.7. The van der Waals surface area contributed by atoms with Crippen molar-refractivity contribution in [3.63, 3.8) is 0 Å². The Balaban J connectivity index is 2.63. The van der Waals surface area contributed by atoms with Crippen LogP contribution in [0.25, 0.3) is 0 Å². The van der Waals surface area contributed by atoms with Crippen molar-refractivity contribution < 1.29 is 9.59 Å². The molecule has 1 rings (SSSR count). The lowest BCUT2D eigenvalue weighted by molar-refractivity contribution is -0.121. The summed E-state index contributed by atoms with van der Waals surface area (Å²) in [5.41, 5.74) is 0.668. The van der Waals surface area contributed by atoms with E-state index in [1.165, 1.54) is 6.92 Å². The number of rotatable bonds is 6. The summed E-state index contributed by atoms with van der Waals surface area (Å²) >= 11 is 6.07. The Hall–Kier alpha value is -1.55. The Kier molecular flexibility index (Phi) is 6.36. The van der Waals surface area contributed by atoms with E-state index in [2.05, 4.69) is 5.32 Å². The number of halogens is 1. The minimum Gasteiger partial charge on any atom is -0.354 e. The number of nitrogens with one attached hydrogen (secondary N) is 1. The van der Waals surface area contributed by atoms with Crippen molar-refractivity contribution in [2.45, 2.75) is 26.7 Å². The largest absolute Gasteiger partial charge is 0.354 e. The molecule has 0 heterocycles. The Bertz CT molecular complexity index is 449. The van der Waals surface area contributed by atoms with Gasteiger partial charge in [-0.05, 0) is 18.6 Å². The van der Waals surface area contributed by atoms with Crippen LogP contribution in [0.3, 0.4) is 0 Å². The third-order valence-corrected chi connectivity index (χ3v) is 2.98. The van der Waals surface area contributed by atoms with Gasteiger partial charge in [0.1, 0.15) is 0 Å². The predicted molar refractivity (Wildman–Crippen MR) is 77.4 cm³/mol. The summed E-state index contributed by atoms with van der Waals surface area (Å²) in [6.07, 6.45) is 1.32. The number of hydrogen-bond donors (Lipinski definition) is 1. The first kappa shape index (κ1) is 15.5. The normalized spacial score (nSPS) is 10.1. The van der Waals surface area contributed by atoms with Crippen LogP contribution in [0.15, 0.2) is 24.3 Å². The fourth-order valence-electron chi connectivity index (χ4n) is 1.74. The number of amides is 2. The van der Waals surface area contributed by atoms with Gasteiger partial charge in [-0.2, -0.15) is 0 Å². The molecule has 0 bridgehead atoms. The molecule has 1 aromatic rings. The smallest absolute Gasteiger partial charge is 0.223 e. The van der Waals surface area contributed by atoms with Crippen LogP contribution in [0.4, 0.5) is 5.69 Å². The highest BCUT2D eigenvalue weighted by Gasteiger charge is 2.14. The van der Waals surface area contributed by atoms with Gasteiger partial charge in [0, 0.05) is 26.4 Å². The van der Waals surface area contributed by atoms with Crippen molar-refractivity contribution in [3.8, 4) is 0 Å². The Morgan fingerprint density at radius 2 is 2.00 bits per heavy atom. The Labute approximate surface area is 118 Å². The molecular weight excluding hydrogens is 264 g/mol. The van der Waals surface area contributed by atoms with E-state index in [1.807, 2.05) is 19.1 Å². The number of carbonyl (C=O) groups excluding carboxylic acids is 2. The average molecular weight is 283 g/mol. The standard InChI is InChI=1S/C14H19ClN2O2/c1-3-6-14(19)16-9-10-17(11(2)18)13-8-5-4-7-12(13)15/h4-5,7-8H,3,6,9-10H2,1-2H3,(H,16,19). The molecule has 4 nitrogen and oxygen atoms in total. The zero-order valence-corrected chi connectivity index (χ0v) is 12.0. The van der Waals surface area contributed by atoms with Gasteiger partial charge in [0.2, 0.25) is 11.8 Å². The van der Waals surface area contributed by atoms with Crippen molar-refractivity contribution in [1.82, 2.24) is 5.32 Å². The molecular formula is C14H19ClN2O2. The molecule has 0 unspecified atom stereocenters. The van der Waals surface area contributed by atoms with Gasteiger partial charge < -0.3 is 10.2 Å². The molecule has 1 aromatic carbocycles. The van der Waals surface area contributed by atoms with Crippen LogP contribution in [0.2, 0.25) is 5.02 Å². The summed E-state index contributed by atoms with van der Waals surface area (Å²) in [5.74, 6) is -0.0944. The molecule has 5 heteroatoms.